The highest BCUT2D eigenvalue weighted by Gasteiger charge is 2.30. The molecule has 1 N–H and O–H groups in total. The molecule has 2 aliphatic carbocycles. The molecule has 2 heterocycles. The maximum Gasteiger partial charge on any atom is 0.271 e. The zero-order valence-electron chi connectivity index (χ0n) is 13.4. The van der Waals surface area contributed by atoms with E-state index in [2.05, 4.69) is 26.7 Å². The lowest BCUT2D eigenvalue weighted by molar-refractivity contribution is 0.0946. The molecule has 1 aliphatic heterocycles. The van der Waals surface area contributed by atoms with Crippen molar-refractivity contribution in [2.75, 3.05) is 19.6 Å². The zero-order chi connectivity index (χ0) is 15.1. The van der Waals surface area contributed by atoms with Gasteiger partial charge in [-0.25, -0.2) is 4.98 Å². The minimum absolute atomic E-state index is 0.00783. The average molecular weight is 302 g/mol. The number of fused-ring (bicyclic) bond motifs is 1. The summed E-state index contributed by atoms with van der Waals surface area (Å²) in [7, 11) is 0. The number of rotatable bonds is 5. The molecular formula is C17H26N4O. The number of amides is 1. The van der Waals surface area contributed by atoms with Crippen LogP contribution in [0.4, 0.5) is 0 Å². The molecule has 0 radical (unpaired) electrons. The van der Waals surface area contributed by atoms with E-state index in [1.165, 1.54) is 38.6 Å². The van der Waals surface area contributed by atoms with Crippen molar-refractivity contribution in [2.24, 2.45) is 11.8 Å². The van der Waals surface area contributed by atoms with Gasteiger partial charge in [0.15, 0.2) is 0 Å². The van der Waals surface area contributed by atoms with E-state index in [4.69, 9.17) is 0 Å². The van der Waals surface area contributed by atoms with E-state index in [1.807, 2.05) is 6.20 Å². The summed E-state index contributed by atoms with van der Waals surface area (Å²) in [5, 5.41) is 3.02. The lowest BCUT2D eigenvalue weighted by Gasteiger charge is -2.38. The molecule has 2 saturated carbocycles. The fourth-order valence-corrected chi connectivity index (χ4v) is 3.55. The minimum Gasteiger partial charge on any atom is -0.350 e. The summed E-state index contributed by atoms with van der Waals surface area (Å²) < 4.78 is 2.17. The Morgan fingerprint density at radius 3 is 2.77 bits per heavy atom. The Hall–Kier alpha value is -1.36. The predicted octanol–water partition coefficient (Wildman–Crippen LogP) is 2.20. The number of aromatic nitrogens is 2. The van der Waals surface area contributed by atoms with Crippen LogP contribution in [-0.2, 0) is 6.54 Å². The molecule has 1 unspecified atom stereocenters. The number of carbonyl (C=O) groups excluding carboxylic acids is 1. The van der Waals surface area contributed by atoms with Crippen LogP contribution >= 0.6 is 0 Å². The smallest absolute Gasteiger partial charge is 0.271 e. The highest BCUT2D eigenvalue weighted by molar-refractivity contribution is 5.92. The molecular weight excluding hydrogens is 276 g/mol. The van der Waals surface area contributed by atoms with Crippen molar-refractivity contribution in [3.8, 4) is 0 Å². The molecule has 1 aromatic rings. The standard InChI is InChI=1S/C17H26N4O/c1-12-16-19-15(17(22)18-9-13-5-6-13)11-21(16)8-7-20(12)10-14-3-2-4-14/h11-14H,2-10H2,1H3,(H,18,22). The van der Waals surface area contributed by atoms with Crippen LogP contribution in [0, 0.1) is 11.8 Å². The van der Waals surface area contributed by atoms with Crippen molar-refractivity contribution >= 4 is 5.91 Å². The summed E-state index contributed by atoms with van der Waals surface area (Å²) in [6.07, 6.45) is 8.61. The van der Waals surface area contributed by atoms with Gasteiger partial charge in [-0.05, 0) is 44.4 Å². The number of hydrogen-bond acceptors (Lipinski definition) is 3. The molecule has 3 aliphatic rings. The van der Waals surface area contributed by atoms with Crippen LogP contribution in [0.15, 0.2) is 6.20 Å². The number of imidazole rings is 1. The van der Waals surface area contributed by atoms with Crippen molar-refractivity contribution in [3.63, 3.8) is 0 Å². The van der Waals surface area contributed by atoms with E-state index in [9.17, 15) is 4.79 Å². The number of hydrogen-bond donors (Lipinski definition) is 1. The van der Waals surface area contributed by atoms with Crippen LogP contribution in [0.2, 0.25) is 0 Å². The van der Waals surface area contributed by atoms with E-state index in [0.717, 1.165) is 31.4 Å². The Labute approximate surface area is 132 Å². The van der Waals surface area contributed by atoms with Crippen molar-refractivity contribution in [3.05, 3.63) is 17.7 Å². The fraction of sp³-hybridized carbons (Fsp3) is 0.765. The molecule has 5 heteroatoms. The summed E-state index contributed by atoms with van der Waals surface area (Å²) in [5.74, 6) is 2.64. The molecule has 4 rings (SSSR count). The van der Waals surface area contributed by atoms with Gasteiger partial charge in [0.1, 0.15) is 11.5 Å². The van der Waals surface area contributed by atoms with Gasteiger partial charge in [0.25, 0.3) is 5.91 Å². The Morgan fingerprint density at radius 1 is 1.27 bits per heavy atom. The molecule has 1 amide bonds. The third-order valence-electron chi connectivity index (χ3n) is 5.56. The van der Waals surface area contributed by atoms with Crippen molar-refractivity contribution in [2.45, 2.75) is 51.6 Å². The van der Waals surface area contributed by atoms with Gasteiger partial charge in [-0.1, -0.05) is 6.42 Å². The van der Waals surface area contributed by atoms with Crippen LogP contribution in [0.25, 0.3) is 0 Å². The molecule has 2 fully saturated rings. The first-order valence-corrected chi connectivity index (χ1v) is 8.80. The maximum atomic E-state index is 12.2. The Kier molecular flexibility index (Phi) is 3.68. The molecule has 0 spiro atoms. The molecule has 0 saturated heterocycles. The van der Waals surface area contributed by atoms with E-state index < -0.39 is 0 Å². The van der Waals surface area contributed by atoms with Gasteiger partial charge in [0.2, 0.25) is 0 Å². The second-order valence-corrected chi connectivity index (χ2v) is 7.30. The SMILES string of the molecule is CC1c2nc(C(=O)NCC3CC3)cn2CCN1CC1CCC1. The Morgan fingerprint density at radius 2 is 2.09 bits per heavy atom. The highest BCUT2D eigenvalue weighted by Crippen LogP contribution is 2.32. The average Bonchev–Trinajstić information content (AvgIpc) is 3.19. The Balaban J connectivity index is 1.42. The third kappa shape index (κ3) is 2.78. The maximum absolute atomic E-state index is 12.2. The normalized spacial score (nSPS) is 25.6. The predicted molar refractivity (Wildman–Crippen MR) is 84.6 cm³/mol. The van der Waals surface area contributed by atoms with Gasteiger partial charge in [-0.2, -0.15) is 0 Å². The second-order valence-electron chi connectivity index (χ2n) is 7.30. The number of carbonyl (C=O) groups is 1. The summed E-state index contributed by atoms with van der Waals surface area (Å²) in [6.45, 7) is 6.25. The van der Waals surface area contributed by atoms with Crippen LogP contribution in [-0.4, -0.2) is 40.0 Å². The highest BCUT2D eigenvalue weighted by atomic mass is 16.1. The number of nitrogens with zero attached hydrogens (tertiary/aromatic N) is 3. The van der Waals surface area contributed by atoms with Crippen LogP contribution < -0.4 is 5.32 Å². The van der Waals surface area contributed by atoms with Gasteiger partial charge in [0.05, 0.1) is 6.04 Å². The van der Waals surface area contributed by atoms with E-state index >= 15 is 0 Å². The molecule has 0 bridgehead atoms. The first kappa shape index (κ1) is 14.2. The topological polar surface area (TPSA) is 50.2 Å². The fourth-order valence-electron chi connectivity index (χ4n) is 3.55. The van der Waals surface area contributed by atoms with Crippen LogP contribution in [0.3, 0.4) is 0 Å². The first-order chi connectivity index (χ1) is 10.7. The molecule has 1 atom stereocenters. The minimum atomic E-state index is -0.00783. The quantitative estimate of drug-likeness (QED) is 0.907. The van der Waals surface area contributed by atoms with Crippen molar-refractivity contribution in [1.82, 2.24) is 19.8 Å². The first-order valence-electron chi connectivity index (χ1n) is 8.80. The molecule has 5 nitrogen and oxygen atoms in total. The van der Waals surface area contributed by atoms with Crippen LogP contribution in [0.5, 0.6) is 0 Å². The summed E-state index contributed by atoms with van der Waals surface area (Å²) >= 11 is 0. The van der Waals surface area contributed by atoms with Gasteiger partial charge >= 0.3 is 0 Å². The van der Waals surface area contributed by atoms with E-state index in [-0.39, 0.29) is 5.91 Å². The van der Waals surface area contributed by atoms with Crippen molar-refractivity contribution in [1.29, 1.82) is 0 Å². The largest absolute Gasteiger partial charge is 0.350 e. The third-order valence-corrected chi connectivity index (χ3v) is 5.56. The molecule has 1 aromatic heterocycles. The van der Waals surface area contributed by atoms with Gasteiger partial charge in [0, 0.05) is 32.4 Å². The van der Waals surface area contributed by atoms with Crippen molar-refractivity contribution < 1.29 is 4.79 Å². The van der Waals surface area contributed by atoms with Gasteiger partial charge in [-0.3, -0.25) is 9.69 Å². The molecule has 120 valence electrons. The van der Waals surface area contributed by atoms with E-state index in [0.29, 0.717) is 17.7 Å². The lowest BCUT2D eigenvalue weighted by Crippen LogP contribution is -2.41. The summed E-state index contributed by atoms with van der Waals surface area (Å²) in [6, 6.07) is 0.319. The zero-order valence-corrected chi connectivity index (χ0v) is 13.4. The van der Waals surface area contributed by atoms with Crippen LogP contribution in [0.1, 0.15) is 61.4 Å². The Bertz CT molecular complexity index is 559. The van der Waals surface area contributed by atoms with Gasteiger partial charge in [-0.15, -0.1) is 0 Å². The number of nitrogens with one attached hydrogen (secondary N) is 1. The van der Waals surface area contributed by atoms with Gasteiger partial charge < -0.3 is 9.88 Å². The lowest BCUT2D eigenvalue weighted by atomic mass is 9.84. The van der Waals surface area contributed by atoms with E-state index in [1.54, 1.807) is 0 Å². The summed E-state index contributed by atoms with van der Waals surface area (Å²) in [4.78, 5) is 19.4. The summed E-state index contributed by atoms with van der Waals surface area (Å²) in [5.41, 5.74) is 0.591. The second kappa shape index (κ2) is 5.69. The molecule has 22 heavy (non-hydrogen) atoms. The monoisotopic (exact) mass is 302 g/mol. The molecule has 0 aromatic carbocycles.